The molecule has 8 heteroatoms. The lowest BCUT2D eigenvalue weighted by atomic mass is 10.1. The summed E-state index contributed by atoms with van der Waals surface area (Å²) < 4.78 is 12.5. The fraction of sp³-hybridized carbons (Fsp3) is 0.280. The van der Waals surface area contributed by atoms with Crippen LogP contribution in [-0.4, -0.2) is 28.4 Å². The monoisotopic (exact) mass is 444 g/mol. The molecular weight excluding hydrogens is 420 g/mol. The summed E-state index contributed by atoms with van der Waals surface area (Å²) in [5.41, 5.74) is 0.620. The second kappa shape index (κ2) is 9.57. The average molecular weight is 444 g/mol. The Morgan fingerprint density at radius 3 is 2.58 bits per heavy atom. The number of amides is 1. The molecule has 1 aliphatic rings. The van der Waals surface area contributed by atoms with Gasteiger partial charge in [-0.05, 0) is 61.7 Å². The van der Waals surface area contributed by atoms with Gasteiger partial charge in [0.05, 0.1) is 7.11 Å². The minimum atomic E-state index is -0.506. The van der Waals surface area contributed by atoms with Crippen molar-refractivity contribution in [1.29, 1.82) is 5.26 Å². The van der Waals surface area contributed by atoms with Crippen molar-refractivity contribution in [2.45, 2.75) is 38.6 Å². The van der Waals surface area contributed by atoms with Crippen LogP contribution < -0.4 is 20.3 Å². The van der Waals surface area contributed by atoms with Crippen LogP contribution in [0.3, 0.4) is 0 Å². The maximum atomic E-state index is 13.3. The third-order valence-electron chi connectivity index (χ3n) is 5.67. The minimum Gasteiger partial charge on any atom is -0.497 e. The van der Waals surface area contributed by atoms with E-state index in [0.717, 1.165) is 31.2 Å². The Morgan fingerprint density at radius 1 is 1.21 bits per heavy atom. The number of fused-ring (bicyclic) bond motifs is 1. The predicted octanol–water partition coefficient (Wildman–Crippen LogP) is 3.77. The molecule has 0 aliphatic heterocycles. The standard InChI is InChI=1S/C25H24N4O4/c1-16-6-5-13-29-22(16)28-24(33-20-11-9-19(32-2)10-12-20)21(25(29)31)14-17(15-26)23(30)27-18-7-3-4-8-18/h5-6,9-14,18H,3-4,7-8H2,1-2H3,(H,27,30). The van der Waals surface area contributed by atoms with Crippen molar-refractivity contribution in [2.75, 3.05) is 7.11 Å². The Labute approximate surface area is 191 Å². The fourth-order valence-electron chi connectivity index (χ4n) is 3.88. The van der Waals surface area contributed by atoms with E-state index in [4.69, 9.17) is 9.47 Å². The van der Waals surface area contributed by atoms with E-state index in [2.05, 4.69) is 10.3 Å². The zero-order chi connectivity index (χ0) is 23.4. The zero-order valence-electron chi connectivity index (χ0n) is 18.5. The number of aryl methyl sites for hydroxylation is 1. The molecule has 0 spiro atoms. The van der Waals surface area contributed by atoms with E-state index in [1.807, 2.05) is 19.1 Å². The summed E-state index contributed by atoms with van der Waals surface area (Å²) in [4.78, 5) is 30.6. The summed E-state index contributed by atoms with van der Waals surface area (Å²) in [6.45, 7) is 1.84. The fourth-order valence-corrected chi connectivity index (χ4v) is 3.88. The predicted molar refractivity (Wildman–Crippen MR) is 123 cm³/mol. The molecular formula is C25H24N4O4. The van der Waals surface area contributed by atoms with Crippen LogP contribution in [0.5, 0.6) is 17.4 Å². The number of methoxy groups -OCH3 is 1. The van der Waals surface area contributed by atoms with Crippen LogP contribution in [0.15, 0.2) is 53.0 Å². The Bertz CT molecular complexity index is 1310. The summed E-state index contributed by atoms with van der Waals surface area (Å²) in [6, 6.07) is 12.4. The van der Waals surface area contributed by atoms with Gasteiger partial charge in [0.2, 0.25) is 5.88 Å². The molecule has 1 N–H and O–H groups in total. The number of carbonyl (C=O) groups excluding carboxylic acids is 1. The Hall–Kier alpha value is -4.12. The third kappa shape index (κ3) is 4.72. The van der Waals surface area contributed by atoms with Crippen LogP contribution in [0, 0.1) is 18.3 Å². The van der Waals surface area contributed by atoms with Crippen molar-refractivity contribution in [3.8, 4) is 23.4 Å². The van der Waals surface area contributed by atoms with Crippen LogP contribution in [0.2, 0.25) is 0 Å². The van der Waals surface area contributed by atoms with Gasteiger partial charge in [0.1, 0.15) is 34.4 Å². The van der Waals surface area contributed by atoms with Gasteiger partial charge in [-0.1, -0.05) is 18.9 Å². The Balaban J connectivity index is 1.80. The second-order valence-electron chi connectivity index (χ2n) is 7.92. The molecule has 1 amide bonds. The number of ether oxygens (including phenoxy) is 2. The molecule has 1 fully saturated rings. The van der Waals surface area contributed by atoms with Crippen LogP contribution >= 0.6 is 0 Å². The Kier molecular flexibility index (Phi) is 6.41. The van der Waals surface area contributed by atoms with Gasteiger partial charge in [0.25, 0.3) is 11.5 Å². The van der Waals surface area contributed by atoms with Gasteiger partial charge in [-0.15, -0.1) is 0 Å². The van der Waals surface area contributed by atoms with Gasteiger partial charge in [-0.25, -0.2) is 0 Å². The topological polar surface area (TPSA) is 106 Å². The molecule has 0 saturated heterocycles. The molecule has 2 heterocycles. The summed E-state index contributed by atoms with van der Waals surface area (Å²) >= 11 is 0. The first kappa shape index (κ1) is 22.1. The quantitative estimate of drug-likeness (QED) is 0.458. The molecule has 1 saturated carbocycles. The largest absolute Gasteiger partial charge is 0.497 e. The lowest BCUT2D eigenvalue weighted by molar-refractivity contribution is -0.117. The van der Waals surface area contributed by atoms with E-state index in [0.29, 0.717) is 17.1 Å². The molecule has 1 aliphatic carbocycles. The number of rotatable bonds is 6. The van der Waals surface area contributed by atoms with E-state index < -0.39 is 11.5 Å². The number of nitriles is 1. The highest BCUT2D eigenvalue weighted by atomic mass is 16.5. The van der Waals surface area contributed by atoms with Crippen LogP contribution in [0.4, 0.5) is 0 Å². The van der Waals surface area contributed by atoms with Crippen LogP contribution in [0.1, 0.15) is 36.8 Å². The van der Waals surface area contributed by atoms with Crippen LogP contribution in [0.25, 0.3) is 11.7 Å². The average Bonchev–Trinajstić information content (AvgIpc) is 3.33. The molecule has 2 aromatic heterocycles. The lowest BCUT2D eigenvalue weighted by Gasteiger charge is -2.13. The number of benzene rings is 1. The number of hydrogen-bond donors (Lipinski definition) is 1. The zero-order valence-corrected chi connectivity index (χ0v) is 18.5. The molecule has 1 aromatic carbocycles. The first-order chi connectivity index (χ1) is 16.0. The normalized spacial score (nSPS) is 14.2. The van der Waals surface area contributed by atoms with Gasteiger partial charge in [0, 0.05) is 12.2 Å². The molecule has 4 rings (SSSR count). The maximum Gasteiger partial charge on any atom is 0.269 e. The number of pyridine rings is 1. The van der Waals surface area contributed by atoms with Crippen molar-refractivity contribution in [3.05, 3.63) is 69.6 Å². The molecule has 8 nitrogen and oxygen atoms in total. The van der Waals surface area contributed by atoms with Crippen molar-refractivity contribution >= 4 is 17.6 Å². The van der Waals surface area contributed by atoms with E-state index in [1.165, 1.54) is 10.5 Å². The van der Waals surface area contributed by atoms with Crippen molar-refractivity contribution in [2.24, 2.45) is 0 Å². The maximum absolute atomic E-state index is 13.3. The molecule has 0 radical (unpaired) electrons. The molecule has 33 heavy (non-hydrogen) atoms. The number of hydrogen-bond acceptors (Lipinski definition) is 6. The van der Waals surface area contributed by atoms with Crippen molar-refractivity contribution in [1.82, 2.24) is 14.7 Å². The molecule has 0 bridgehead atoms. The SMILES string of the molecule is COc1ccc(Oc2nc3c(C)cccn3c(=O)c2C=C(C#N)C(=O)NC2CCCC2)cc1. The van der Waals surface area contributed by atoms with E-state index in [9.17, 15) is 14.9 Å². The van der Waals surface area contributed by atoms with Gasteiger partial charge in [-0.2, -0.15) is 10.2 Å². The second-order valence-corrected chi connectivity index (χ2v) is 7.92. The number of aromatic nitrogens is 2. The Morgan fingerprint density at radius 2 is 1.91 bits per heavy atom. The van der Waals surface area contributed by atoms with E-state index in [1.54, 1.807) is 43.6 Å². The van der Waals surface area contributed by atoms with Gasteiger partial charge >= 0.3 is 0 Å². The molecule has 168 valence electrons. The highest BCUT2D eigenvalue weighted by Gasteiger charge is 2.21. The highest BCUT2D eigenvalue weighted by molar-refractivity contribution is 6.02. The first-order valence-corrected chi connectivity index (χ1v) is 10.8. The molecule has 0 unspecified atom stereocenters. The lowest BCUT2D eigenvalue weighted by Crippen LogP contribution is -2.33. The number of nitrogens with one attached hydrogen (secondary N) is 1. The third-order valence-corrected chi connectivity index (χ3v) is 5.67. The van der Waals surface area contributed by atoms with Gasteiger partial charge < -0.3 is 14.8 Å². The van der Waals surface area contributed by atoms with E-state index in [-0.39, 0.29) is 23.1 Å². The first-order valence-electron chi connectivity index (χ1n) is 10.8. The summed E-state index contributed by atoms with van der Waals surface area (Å²) in [6.07, 6.45) is 6.72. The van der Waals surface area contributed by atoms with Crippen molar-refractivity contribution in [3.63, 3.8) is 0 Å². The molecule has 3 aromatic rings. The summed E-state index contributed by atoms with van der Waals surface area (Å²) in [7, 11) is 1.56. The molecule has 0 atom stereocenters. The van der Waals surface area contributed by atoms with E-state index >= 15 is 0 Å². The number of nitrogens with zero attached hydrogens (tertiary/aromatic N) is 3. The smallest absolute Gasteiger partial charge is 0.269 e. The van der Waals surface area contributed by atoms with Crippen molar-refractivity contribution < 1.29 is 14.3 Å². The minimum absolute atomic E-state index is 0.0147. The summed E-state index contributed by atoms with van der Waals surface area (Å²) in [5.74, 6) is 0.596. The van der Waals surface area contributed by atoms with Gasteiger partial charge in [-0.3, -0.25) is 14.0 Å². The number of carbonyl (C=O) groups is 1. The van der Waals surface area contributed by atoms with Gasteiger partial charge in [0.15, 0.2) is 0 Å². The summed E-state index contributed by atoms with van der Waals surface area (Å²) in [5, 5.41) is 12.5. The highest BCUT2D eigenvalue weighted by Crippen LogP contribution is 2.26. The van der Waals surface area contributed by atoms with Crippen LogP contribution in [-0.2, 0) is 4.79 Å².